The van der Waals surface area contributed by atoms with Gasteiger partial charge in [-0.15, -0.1) is 10.2 Å². The number of aromatic nitrogens is 4. The molecule has 0 saturated heterocycles. The predicted octanol–water partition coefficient (Wildman–Crippen LogP) is 4.13. The van der Waals surface area contributed by atoms with Crippen LogP contribution in [0.15, 0.2) is 53.9 Å². The first-order chi connectivity index (χ1) is 15.6. The van der Waals surface area contributed by atoms with Gasteiger partial charge in [-0.2, -0.15) is 0 Å². The van der Waals surface area contributed by atoms with Gasteiger partial charge in [0.05, 0.1) is 5.75 Å². The number of carbonyl (C=O) groups is 2. The Labute approximate surface area is 191 Å². The van der Waals surface area contributed by atoms with E-state index in [1.165, 1.54) is 18.2 Å². The van der Waals surface area contributed by atoms with Gasteiger partial charge in [0.15, 0.2) is 11.0 Å². The zero-order chi connectivity index (χ0) is 22.3. The van der Waals surface area contributed by atoms with E-state index in [2.05, 4.69) is 25.8 Å². The molecule has 0 bridgehead atoms. The topological polar surface area (TPSA) is 102 Å². The Bertz CT molecular complexity index is 1080. The number of hydrogen-bond acceptors (Lipinski definition) is 6. The van der Waals surface area contributed by atoms with Crippen molar-refractivity contribution in [2.45, 2.75) is 37.3 Å². The highest BCUT2D eigenvalue weighted by Gasteiger charge is 2.21. The highest BCUT2D eigenvalue weighted by Crippen LogP contribution is 2.26. The van der Waals surface area contributed by atoms with Crippen molar-refractivity contribution in [2.24, 2.45) is 13.0 Å². The molecular weight excluding hydrogens is 424 g/mol. The maximum absolute atomic E-state index is 12.5. The molecule has 2 N–H and O–H groups in total. The van der Waals surface area contributed by atoms with E-state index in [0.29, 0.717) is 22.4 Å². The number of hydrogen-bond donors (Lipinski definition) is 2. The molecule has 0 atom stereocenters. The fraction of sp³-hybridized carbons (Fsp3) is 0.348. The van der Waals surface area contributed by atoms with E-state index in [9.17, 15) is 9.59 Å². The lowest BCUT2D eigenvalue weighted by Crippen LogP contribution is -2.24. The van der Waals surface area contributed by atoms with E-state index in [0.717, 1.165) is 31.2 Å². The lowest BCUT2D eigenvalue weighted by atomic mass is 9.88. The molecule has 2 amide bonds. The summed E-state index contributed by atoms with van der Waals surface area (Å²) in [6.45, 7) is 0. The minimum atomic E-state index is -0.156. The van der Waals surface area contributed by atoms with Gasteiger partial charge in [0.1, 0.15) is 0 Å². The SMILES string of the molecule is Cn1c(SCC(=O)Nc2cccc(NC(=O)C3CCCCC3)c2)nnc1-c1cccnc1. The Kier molecular flexibility index (Phi) is 7.16. The van der Waals surface area contributed by atoms with Crippen LogP contribution in [0.1, 0.15) is 32.1 Å². The van der Waals surface area contributed by atoms with Gasteiger partial charge < -0.3 is 15.2 Å². The van der Waals surface area contributed by atoms with E-state index < -0.39 is 0 Å². The van der Waals surface area contributed by atoms with Crippen molar-refractivity contribution in [2.75, 3.05) is 16.4 Å². The second-order valence-electron chi connectivity index (χ2n) is 7.85. The third-order valence-electron chi connectivity index (χ3n) is 5.48. The van der Waals surface area contributed by atoms with Crippen LogP contribution >= 0.6 is 11.8 Å². The summed E-state index contributed by atoms with van der Waals surface area (Å²) < 4.78 is 1.84. The standard InChI is InChI=1S/C23H26N6O2S/c1-29-21(17-9-6-12-24-14-17)27-28-23(29)32-15-20(30)25-18-10-5-11-19(13-18)26-22(31)16-7-3-2-4-8-16/h5-6,9-14,16H,2-4,7-8,15H2,1H3,(H,25,30)(H,26,31). The monoisotopic (exact) mass is 450 g/mol. The van der Waals surface area contributed by atoms with Gasteiger partial charge in [0, 0.05) is 42.3 Å². The third kappa shape index (κ3) is 5.53. The Balaban J connectivity index is 1.31. The number of amides is 2. The number of benzene rings is 1. The molecule has 0 radical (unpaired) electrons. The van der Waals surface area contributed by atoms with E-state index >= 15 is 0 Å². The van der Waals surface area contributed by atoms with Crippen LogP contribution in [0.25, 0.3) is 11.4 Å². The van der Waals surface area contributed by atoms with Crippen LogP contribution in [0.2, 0.25) is 0 Å². The van der Waals surface area contributed by atoms with Crippen LogP contribution in [0.4, 0.5) is 11.4 Å². The minimum Gasteiger partial charge on any atom is -0.326 e. The molecule has 32 heavy (non-hydrogen) atoms. The van der Waals surface area contributed by atoms with E-state index in [1.807, 2.05) is 41.9 Å². The fourth-order valence-corrected chi connectivity index (χ4v) is 4.51. The molecule has 166 valence electrons. The van der Waals surface area contributed by atoms with Gasteiger partial charge in [0.2, 0.25) is 11.8 Å². The average molecular weight is 451 g/mol. The number of nitrogens with one attached hydrogen (secondary N) is 2. The number of rotatable bonds is 7. The maximum atomic E-state index is 12.5. The molecule has 1 aliphatic carbocycles. The molecular formula is C23H26N6O2S. The summed E-state index contributed by atoms with van der Waals surface area (Å²) in [5.74, 6) is 0.883. The first-order valence-electron chi connectivity index (χ1n) is 10.7. The molecule has 1 saturated carbocycles. The first kappa shape index (κ1) is 22.0. The van der Waals surface area contributed by atoms with Crippen molar-refractivity contribution in [3.63, 3.8) is 0 Å². The molecule has 1 fully saturated rings. The Morgan fingerprint density at radius 1 is 1.06 bits per heavy atom. The summed E-state index contributed by atoms with van der Waals surface area (Å²) in [5, 5.41) is 14.9. The van der Waals surface area contributed by atoms with Crippen LogP contribution in [0.3, 0.4) is 0 Å². The largest absolute Gasteiger partial charge is 0.326 e. The van der Waals surface area contributed by atoms with Crippen molar-refractivity contribution in [3.8, 4) is 11.4 Å². The van der Waals surface area contributed by atoms with Gasteiger partial charge in [-0.1, -0.05) is 37.1 Å². The Morgan fingerprint density at radius 3 is 2.59 bits per heavy atom. The molecule has 4 rings (SSSR count). The van der Waals surface area contributed by atoms with E-state index in [-0.39, 0.29) is 23.5 Å². The van der Waals surface area contributed by atoms with Crippen LogP contribution < -0.4 is 10.6 Å². The number of carbonyl (C=O) groups excluding carboxylic acids is 2. The molecule has 2 heterocycles. The zero-order valence-corrected chi connectivity index (χ0v) is 18.8. The van der Waals surface area contributed by atoms with Gasteiger partial charge in [0.25, 0.3) is 0 Å². The summed E-state index contributed by atoms with van der Waals surface area (Å²) in [6.07, 6.45) is 8.76. The molecule has 1 aliphatic rings. The van der Waals surface area contributed by atoms with Crippen molar-refractivity contribution in [1.29, 1.82) is 0 Å². The van der Waals surface area contributed by atoms with Crippen LogP contribution in [-0.2, 0) is 16.6 Å². The lowest BCUT2D eigenvalue weighted by molar-refractivity contribution is -0.120. The highest BCUT2D eigenvalue weighted by atomic mass is 32.2. The molecule has 0 aliphatic heterocycles. The van der Waals surface area contributed by atoms with Crippen LogP contribution in [-0.4, -0.2) is 37.3 Å². The normalized spacial score (nSPS) is 14.2. The molecule has 2 aromatic heterocycles. The second kappa shape index (κ2) is 10.4. The van der Waals surface area contributed by atoms with Crippen molar-refractivity contribution in [1.82, 2.24) is 19.7 Å². The fourth-order valence-electron chi connectivity index (χ4n) is 3.80. The van der Waals surface area contributed by atoms with Crippen molar-refractivity contribution in [3.05, 3.63) is 48.8 Å². The summed E-state index contributed by atoms with van der Waals surface area (Å²) in [4.78, 5) is 29.0. The second-order valence-corrected chi connectivity index (χ2v) is 8.79. The summed E-state index contributed by atoms with van der Waals surface area (Å²) in [6, 6.07) is 11.0. The number of thioether (sulfide) groups is 1. The van der Waals surface area contributed by atoms with Crippen LogP contribution in [0.5, 0.6) is 0 Å². The number of pyridine rings is 1. The molecule has 0 unspecified atom stereocenters. The third-order valence-corrected chi connectivity index (χ3v) is 6.50. The van der Waals surface area contributed by atoms with Gasteiger partial charge in [-0.25, -0.2) is 0 Å². The average Bonchev–Trinajstić information content (AvgIpc) is 3.19. The Morgan fingerprint density at radius 2 is 1.84 bits per heavy atom. The summed E-state index contributed by atoms with van der Waals surface area (Å²) >= 11 is 1.31. The first-order valence-corrected chi connectivity index (χ1v) is 11.7. The summed E-state index contributed by atoms with van der Waals surface area (Å²) in [5.41, 5.74) is 2.21. The quantitative estimate of drug-likeness (QED) is 0.525. The number of anilines is 2. The summed E-state index contributed by atoms with van der Waals surface area (Å²) in [7, 11) is 1.86. The number of nitrogens with zero attached hydrogens (tertiary/aromatic N) is 4. The molecule has 3 aromatic rings. The van der Waals surface area contributed by atoms with Gasteiger partial charge in [-0.05, 0) is 43.2 Å². The van der Waals surface area contributed by atoms with Gasteiger partial charge in [-0.3, -0.25) is 14.6 Å². The lowest BCUT2D eigenvalue weighted by Gasteiger charge is -2.20. The highest BCUT2D eigenvalue weighted by molar-refractivity contribution is 7.99. The molecule has 9 heteroatoms. The zero-order valence-electron chi connectivity index (χ0n) is 18.0. The van der Waals surface area contributed by atoms with Crippen molar-refractivity contribution >= 4 is 35.0 Å². The molecule has 8 nitrogen and oxygen atoms in total. The van der Waals surface area contributed by atoms with Gasteiger partial charge >= 0.3 is 0 Å². The maximum Gasteiger partial charge on any atom is 0.234 e. The van der Waals surface area contributed by atoms with E-state index in [4.69, 9.17) is 0 Å². The minimum absolute atomic E-state index is 0.0652. The molecule has 0 spiro atoms. The van der Waals surface area contributed by atoms with E-state index in [1.54, 1.807) is 18.5 Å². The molecule has 1 aromatic carbocycles. The predicted molar refractivity (Wildman–Crippen MR) is 125 cm³/mol. The Hall–Kier alpha value is -3.20. The smallest absolute Gasteiger partial charge is 0.234 e. The van der Waals surface area contributed by atoms with Crippen molar-refractivity contribution < 1.29 is 9.59 Å². The van der Waals surface area contributed by atoms with Crippen LogP contribution in [0, 0.1) is 5.92 Å².